The van der Waals surface area contributed by atoms with Crippen molar-refractivity contribution in [1.82, 2.24) is 9.55 Å². The van der Waals surface area contributed by atoms with E-state index in [0.29, 0.717) is 5.69 Å². The van der Waals surface area contributed by atoms with E-state index >= 15 is 0 Å². The van der Waals surface area contributed by atoms with Crippen LogP contribution in [0.3, 0.4) is 0 Å². The molecule has 1 aromatic carbocycles. The first-order valence-electron chi connectivity index (χ1n) is 7.30. The molecule has 0 atom stereocenters. The number of anilines is 1. The van der Waals surface area contributed by atoms with Crippen LogP contribution < -0.4 is 16.1 Å². The Kier molecular flexibility index (Phi) is 3.79. The summed E-state index contributed by atoms with van der Waals surface area (Å²) in [6.45, 7) is 2.10. The topological polar surface area (TPSA) is 81.9 Å². The first-order chi connectivity index (χ1) is 10.7. The smallest absolute Gasteiger partial charge is 0.332 e. The molecule has 0 aliphatic carbocycles. The Hall–Kier alpha value is -2.81. The maximum Gasteiger partial charge on any atom is 0.332 e. The lowest BCUT2D eigenvalue weighted by Gasteiger charge is -2.28. The summed E-state index contributed by atoms with van der Waals surface area (Å²) in [4.78, 5) is 27.8. The van der Waals surface area contributed by atoms with Crippen molar-refractivity contribution in [3.8, 4) is 11.8 Å². The highest BCUT2D eigenvalue weighted by atomic mass is 16.2. The largest absolute Gasteiger partial charge is 0.372 e. The molecule has 0 radical (unpaired) electrons. The molecular formula is C16H16N4O2. The van der Waals surface area contributed by atoms with Gasteiger partial charge in [-0.3, -0.25) is 14.3 Å². The quantitative estimate of drug-likeness (QED) is 0.908. The Morgan fingerprint density at radius 2 is 1.64 bits per heavy atom. The van der Waals surface area contributed by atoms with E-state index < -0.39 is 11.2 Å². The van der Waals surface area contributed by atoms with Crippen molar-refractivity contribution in [2.45, 2.75) is 19.3 Å². The molecule has 3 rings (SSSR count). The molecule has 1 aromatic heterocycles. The molecule has 112 valence electrons. The van der Waals surface area contributed by atoms with Crippen molar-refractivity contribution in [3.63, 3.8) is 0 Å². The minimum absolute atomic E-state index is 0.0836. The number of hydrogen-bond acceptors (Lipinski definition) is 4. The summed E-state index contributed by atoms with van der Waals surface area (Å²) in [5.41, 5.74) is 0.461. The van der Waals surface area contributed by atoms with Crippen LogP contribution in [-0.2, 0) is 0 Å². The molecule has 0 amide bonds. The van der Waals surface area contributed by atoms with Crippen molar-refractivity contribution in [3.05, 3.63) is 56.9 Å². The van der Waals surface area contributed by atoms with Crippen LogP contribution in [0.4, 0.5) is 5.69 Å². The number of nitriles is 1. The third-order valence-electron chi connectivity index (χ3n) is 3.91. The number of benzene rings is 1. The van der Waals surface area contributed by atoms with Gasteiger partial charge >= 0.3 is 5.69 Å². The molecule has 6 heteroatoms. The molecule has 1 N–H and O–H groups in total. The van der Waals surface area contributed by atoms with Gasteiger partial charge in [0.15, 0.2) is 0 Å². The summed E-state index contributed by atoms with van der Waals surface area (Å²) in [5, 5.41) is 8.90. The predicted molar refractivity (Wildman–Crippen MR) is 83.4 cm³/mol. The van der Waals surface area contributed by atoms with Crippen LogP contribution in [0.5, 0.6) is 0 Å². The molecule has 0 spiro atoms. The third-order valence-corrected chi connectivity index (χ3v) is 3.91. The van der Waals surface area contributed by atoms with Gasteiger partial charge in [-0.1, -0.05) is 0 Å². The fourth-order valence-electron chi connectivity index (χ4n) is 2.72. The van der Waals surface area contributed by atoms with E-state index in [0.717, 1.165) is 18.8 Å². The van der Waals surface area contributed by atoms with E-state index in [2.05, 4.69) is 9.88 Å². The van der Waals surface area contributed by atoms with Gasteiger partial charge < -0.3 is 4.90 Å². The molecule has 2 heterocycles. The second-order valence-electron chi connectivity index (χ2n) is 5.35. The zero-order chi connectivity index (χ0) is 15.5. The fraction of sp³-hybridized carbons (Fsp3) is 0.312. The SMILES string of the molecule is N#Cc1cn(-c2ccc(N3CCCCC3)cc2)c(=O)[nH]c1=O. The maximum absolute atomic E-state index is 11.9. The Bertz CT molecular complexity index is 821. The van der Waals surface area contributed by atoms with Crippen molar-refractivity contribution in [2.24, 2.45) is 0 Å². The summed E-state index contributed by atoms with van der Waals surface area (Å²) in [7, 11) is 0. The minimum Gasteiger partial charge on any atom is -0.372 e. The molecule has 2 aromatic rings. The van der Waals surface area contributed by atoms with Crippen LogP contribution in [0, 0.1) is 11.3 Å². The summed E-state index contributed by atoms with van der Waals surface area (Å²) in [5.74, 6) is 0. The highest BCUT2D eigenvalue weighted by Gasteiger charge is 2.11. The molecule has 1 saturated heterocycles. The number of hydrogen-bond donors (Lipinski definition) is 1. The average Bonchev–Trinajstić information content (AvgIpc) is 2.56. The number of aromatic nitrogens is 2. The van der Waals surface area contributed by atoms with E-state index in [4.69, 9.17) is 5.26 Å². The van der Waals surface area contributed by atoms with Gasteiger partial charge in [-0.25, -0.2) is 4.79 Å². The van der Waals surface area contributed by atoms with Gasteiger partial charge in [0.2, 0.25) is 0 Å². The second kappa shape index (κ2) is 5.90. The van der Waals surface area contributed by atoms with Gasteiger partial charge in [-0.15, -0.1) is 0 Å². The number of H-pyrrole nitrogens is 1. The number of aromatic amines is 1. The molecule has 6 nitrogen and oxygen atoms in total. The number of rotatable bonds is 2. The highest BCUT2D eigenvalue weighted by molar-refractivity contribution is 5.51. The van der Waals surface area contributed by atoms with E-state index in [1.165, 1.54) is 30.0 Å². The summed E-state index contributed by atoms with van der Waals surface area (Å²) in [6, 6.07) is 9.36. The van der Waals surface area contributed by atoms with E-state index in [-0.39, 0.29) is 5.56 Å². The van der Waals surface area contributed by atoms with Crippen LogP contribution >= 0.6 is 0 Å². The second-order valence-corrected chi connectivity index (χ2v) is 5.35. The van der Waals surface area contributed by atoms with E-state index in [9.17, 15) is 9.59 Å². The van der Waals surface area contributed by atoms with Crippen LogP contribution in [0.15, 0.2) is 40.1 Å². The monoisotopic (exact) mass is 296 g/mol. The number of nitrogens with zero attached hydrogens (tertiary/aromatic N) is 3. The van der Waals surface area contributed by atoms with Gasteiger partial charge in [-0.05, 0) is 43.5 Å². The van der Waals surface area contributed by atoms with Gasteiger partial charge in [0.05, 0.1) is 5.69 Å². The first-order valence-corrected chi connectivity index (χ1v) is 7.30. The van der Waals surface area contributed by atoms with Gasteiger partial charge in [0, 0.05) is 25.0 Å². The van der Waals surface area contributed by atoms with Crippen molar-refractivity contribution in [2.75, 3.05) is 18.0 Å². The molecular weight excluding hydrogens is 280 g/mol. The van der Waals surface area contributed by atoms with Crippen LogP contribution in [0.25, 0.3) is 5.69 Å². The molecule has 0 bridgehead atoms. The molecule has 1 fully saturated rings. The molecule has 0 saturated carbocycles. The summed E-state index contributed by atoms with van der Waals surface area (Å²) < 4.78 is 1.28. The van der Waals surface area contributed by atoms with Crippen molar-refractivity contribution in [1.29, 1.82) is 5.26 Å². The maximum atomic E-state index is 11.9. The molecule has 22 heavy (non-hydrogen) atoms. The van der Waals surface area contributed by atoms with Gasteiger partial charge in [0.1, 0.15) is 11.6 Å². The van der Waals surface area contributed by atoms with Crippen LogP contribution in [-0.4, -0.2) is 22.6 Å². The lowest BCUT2D eigenvalue weighted by Crippen LogP contribution is -2.30. The fourth-order valence-corrected chi connectivity index (χ4v) is 2.72. The average molecular weight is 296 g/mol. The Balaban J connectivity index is 1.95. The zero-order valence-corrected chi connectivity index (χ0v) is 12.1. The lowest BCUT2D eigenvalue weighted by molar-refractivity contribution is 0.578. The normalized spacial score (nSPS) is 14.6. The molecule has 1 aliphatic rings. The van der Waals surface area contributed by atoms with Crippen LogP contribution in [0.2, 0.25) is 0 Å². The molecule has 0 unspecified atom stereocenters. The zero-order valence-electron chi connectivity index (χ0n) is 12.1. The Morgan fingerprint density at radius 1 is 1.00 bits per heavy atom. The Morgan fingerprint density at radius 3 is 2.27 bits per heavy atom. The summed E-state index contributed by atoms with van der Waals surface area (Å²) >= 11 is 0. The first kappa shape index (κ1) is 14.1. The van der Waals surface area contributed by atoms with Gasteiger partial charge in [0.25, 0.3) is 5.56 Å². The highest BCUT2D eigenvalue weighted by Crippen LogP contribution is 2.20. The molecule has 1 aliphatic heterocycles. The predicted octanol–water partition coefficient (Wildman–Crippen LogP) is 1.39. The number of nitrogens with one attached hydrogen (secondary N) is 1. The lowest BCUT2D eigenvalue weighted by atomic mass is 10.1. The Labute approximate surface area is 127 Å². The van der Waals surface area contributed by atoms with E-state index in [1.807, 2.05) is 24.3 Å². The van der Waals surface area contributed by atoms with Gasteiger partial charge in [-0.2, -0.15) is 5.26 Å². The van der Waals surface area contributed by atoms with Crippen molar-refractivity contribution < 1.29 is 0 Å². The third kappa shape index (κ3) is 2.66. The minimum atomic E-state index is -0.659. The van der Waals surface area contributed by atoms with E-state index in [1.54, 1.807) is 6.07 Å². The van der Waals surface area contributed by atoms with Crippen LogP contribution in [0.1, 0.15) is 24.8 Å². The number of piperidine rings is 1. The van der Waals surface area contributed by atoms with Crippen molar-refractivity contribution >= 4 is 5.69 Å². The summed E-state index contributed by atoms with van der Waals surface area (Å²) in [6.07, 6.45) is 4.95. The standard InChI is InChI=1S/C16H16N4O2/c17-10-12-11-20(16(22)18-15(12)21)14-6-4-13(5-7-14)19-8-2-1-3-9-19/h4-7,11H,1-3,8-9H2,(H,18,21,22).